The maximum Gasteiger partial charge on any atom is 0.411 e. The number of carbonyl (C=O) groups excluding carboxylic acids is 3. The van der Waals surface area contributed by atoms with Gasteiger partial charge in [-0.15, -0.1) is 0 Å². The minimum atomic E-state index is -0.782. The fraction of sp³-hybridized carbons (Fsp3) is 0.464. The first-order chi connectivity index (χ1) is 16.4. The number of aryl methyl sites for hydroxylation is 2. The maximum atomic E-state index is 13.5. The summed E-state index contributed by atoms with van der Waals surface area (Å²) in [4.78, 5) is 41.2. The molecule has 2 aromatic carbocycles. The molecule has 0 aliphatic carbocycles. The molecule has 188 valence electrons. The molecule has 2 aromatic rings. The van der Waals surface area contributed by atoms with Crippen LogP contribution < -0.4 is 10.6 Å². The van der Waals surface area contributed by atoms with Gasteiger partial charge in [-0.05, 0) is 63.3 Å². The van der Waals surface area contributed by atoms with E-state index in [2.05, 4.69) is 10.6 Å². The Morgan fingerprint density at radius 1 is 1.03 bits per heavy atom. The topological polar surface area (TPSA) is 87.7 Å². The summed E-state index contributed by atoms with van der Waals surface area (Å²) in [5.41, 5.74) is 4.06. The second-order valence-electron chi connectivity index (χ2n) is 10.6. The van der Waals surface area contributed by atoms with E-state index < -0.39 is 23.8 Å². The number of amides is 3. The molecule has 0 saturated carbocycles. The number of ether oxygens (including phenoxy) is 1. The van der Waals surface area contributed by atoms with Gasteiger partial charge in [0.05, 0.1) is 6.54 Å². The molecule has 0 aromatic heterocycles. The van der Waals surface area contributed by atoms with E-state index in [4.69, 9.17) is 4.74 Å². The molecule has 1 aliphatic heterocycles. The third-order valence-electron chi connectivity index (χ3n) is 6.07. The lowest BCUT2D eigenvalue weighted by molar-refractivity contribution is -0.131. The average molecular weight is 480 g/mol. The quantitative estimate of drug-likeness (QED) is 0.648. The predicted molar refractivity (Wildman–Crippen MR) is 137 cm³/mol. The minimum Gasteiger partial charge on any atom is -0.444 e. The van der Waals surface area contributed by atoms with Crippen molar-refractivity contribution in [1.82, 2.24) is 10.2 Å². The van der Waals surface area contributed by atoms with Crippen LogP contribution in [0.25, 0.3) is 0 Å². The largest absolute Gasteiger partial charge is 0.444 e. The van der Waals surface area contributed by atoms with Crippen LogP contribution in [0.15, 0.2) is 42.5 Å². The van der Waals surface area contributed by atoms with Crippen molar-refractivity contribution < 1.29 is 19.1 Å². The molecule has 7 nitrogen and oxygen atoms in total. The fourth-order valence-electron chi connectivity index (χ4n) is 4.22. The molecule has 0 radical (unpaired) electrons. The van der Waals surface area contributed by atoms with E-state index in [1.165, 1.54) is 4.90 Å². The lowest BCUT2D eigenvalue weighted by Crippen LogP contribution is -2.57. The number of hydrogen-bond donors (Lipinski definition) is 2. The van der Waals surface area contributed by atoms with Crippen LogP contribution in [0.2, 0.25) is 0 Å². The van der Waals surface area contributed by atoms with Gasteiger partial charge in [0, 0.05) is 12.1 Å². The van der Waals surface area contributed by atoms with Crippen molar-refractivity contribution in [2.24, 2.45) is 5.92 Å². The fourth-order valence-corrected chi connectivity index (χ4v) is 4.22. The van der Waals surface area contributed by atoms with Crippen molar-refractivity contribution in [3.63, 3.8) is 0 Å². The van der Waals surface area contributed by atoms with Gasteiger partial charge in [-0.1, -0.05) is 55.8 Å². The molecule has 3 amide bonds. The van der Waals surface area contributed by atoms with Crippen LogP contribution >= 0.6 is 0 Å². The zero-order valence-corrected chi connectivity index (χ0v) is 21.8. The van der Waals surface area contributed by atoms with Crippen LogP contribution in [0.1, 0.15) is 56.9 Å². The first kappa shape index (κ1) is 26.3. The average Bonchev–Trinajstić information content (AvgIpc) is 2.76. The number of fused-ring (bicyclic) bond motifs is 1. The van der Waals surface area contributed by atoms with E-state index in [-0.39, 0.29) is 24.3 Å². The summed E-state index contributed by atoms with van der Waals surface area (Å²) in [6.45, 7) is 13.4. The Bertz CT molecular complexity index is 1100. The van der Waals surface area contributed by atoms with Gasteiger partial charge in [-0.2, -0.15) is 0 Å². The van der Waals surface area contributed by atoms with Gasteiger partial charge in [-0.25, -0.2) is 4.79 Å². The van der Waals surface area contributed by atoms with E-state index in [1.807, 2.05) is 70.2 Å². The van der Waals surface area contributed by atoms with Gasteiger partial charge < -0.3 is 15.4 Å². The summed E-state index contributed by atoms with van der Waals surface area (Å²) >= 11 is 0. The minimum absolute atomic E-state index is 0.157. The second kappa shape index (κ2) is 10.5. The van der Waals surface area contributed by atoms with Gasteiger partial charge in [0.1, 0.15) is 17.7 Å². The smallest absolute Gasteiger partial charge is 0.411 e. The second-order valence-corrected chi connectivity index (χ2v) is 10.6. The van der Waals surface area contributed by atoms with Gasteiger partial charge in [0.15, 0.2) is 0 Å². The van der Waals surface area contributed by atoms with Crippen LogP contribution in [-0.2, 0) is 27.3 Å². The summed E-state index contributed by atoms with van der Waals surface area (Å²) < 4.78 is 5.60. The molecule has 35 heavy (non-hydrogen) atoms. The van der Waals surface area contributed by atoms with E-state index in [0.29, 0.717) is 12.1 Å². The van der Waals surface area contributed by atoms with E-state index in [9.17, 15) is 14.4 Å². The lowest BCUT2D eigenvalue weighted by atomic mass is 9.93. The molecule has 0 bridgehead atoms. The maximum absolute atomic E-state index is 13.5. The number of nitrogens with one attached hydrogen (secondary N) is 2. The highest BCUT2D eigenvalue weighted by atomic mass is 16.6. The highest BCUT2D eigenvalue weighted by molar-refractivity contribution is 5.99. The van der Waals surface area contributed by atoms with Crippen molar-refractivity contribution in [3.05, 3.63) is 64.7 Å². The third-order valence-corrected chi connectivity index (χ3v) is 6.07. The molecule has 2 atom stereocenters. The molecule has 0 fully saturated rings. The number of nitrogens with zero attached hydrogens (tertiary/aromatic N) is 1. The van der Waals surface area contributed by atoms with Crippen molar-refractivity contribution in [2.75, 3.05) is 5.32 Å². The number of rotatable bonds is 5. The van der Waals surface area contributed by atoms with Crippen molar-refractivity contribution in [1.29, 1.82) is 0 Å². The summed E-state index contributed by atoms with van der Waals surface area (Å²) in [6.07, 6.45) is -0.196. The van der Waals surface area contributed by atoms with Crippen molar-refractivity contribution in [3.8, 4) is 0 Å². The Hall–Kier alpha value is -3.35. The molecule has 1 aliphatic rings. The Kier molecular flexibility index (Phi) is 7.88. The van der Waals surface area contributed by atoms with Crippen molar-refractivity contribution >= 4 is 23.6 Å². The SMILES string of the molecule is Cc1ccc(NC(=O)[C@H](NC(=O)[C@H]2Cc3ccccc3CN2C(=O)OC(C)(C)C)C(C)C)c(C)c1. The van der Waals surface area contributed by atoms with Gasteiger partial charge >= 0.3 is 6.09 Å². The number of hydrogen-bond acceptors (Lipinski definition) is 4. The summed E-state index contributed by atoms with van der Waals surface area (Å²) in [5.74, 6) is -0.823. The molecule has 7 heteroatoms. The molecule has 0 unspecified atom stereocenters. The monoisotopic (exact) mass is 479 g/mol. The summed E-state index contributed by atoms with van der Waals surface area (Å²) in [5, 5.41) is 5.86. The normalized spacial score (nSPS) is 16.3. The third kappa shape index (κ3) is 6.62. The molecule has 0 saturated heterocycles. The van der Waals surface area contributed by atoms with Gasteiger partial charge in [0.2, 0.25) is 11.8 Å². The molecular weight excluding hydrogens is 442 g/mol. The standard InChI is InChI=1S/C28H37N3O4/c1-17(2)24(26(33)29-22-13-12-18(3)14-19(22)4)30-25(32)23-15-20-10-8-9-11-21(20)16-31(23)27(34)35-28(5,6)7/h8-14,17,23-24H,15-16H2,1-7H3,(H,29,33)(H,30,32)/t23-,24-/m1/s1. The Morgan fingerprint density at radius 3 is 2.29 bits per heavy atom. The Morgan fingerprint density at radius 2 is 1.69 bits per heavy atom. The number of carbonyl (C=O) groups is 3. The van der Waals surface area contributed by atoms with Crippen LogP contribution in [0.5, 0.6) is 0 Å². The van der Waals surface area contributed by atoms with E-state index in [0.717, 1.165) is 22.3 Å². The molecular formula is C28H37N3O4. The van der Waals surface area contributed by atoms with Crippen LogP contribution in [0, 0.1) is 19.8 Å². The zero-order valence-electron chi connectivity index (χ0n) is 21.8. The van der Waals surface area contributed by atoms with Crippen molar-refractivity contribution in [2.45, 2.75) is 79.1 Å². The van der Waals surface area contributed by atoms with E-state index in [1.54, 1.807) is 20.8 Å². The highest BCUT2D eigenvalue weighted by Gasteiger charge is 2.38. The zero-order chi connectivity index (χ0) is 25.9. The van der Waals surface area contributed by atoms with Gasteiger partial charge in [0.25, 0.3) is 0 Å². The first-order valence-electron chi connectivity index (χ1n) is 12.1. The molecule has 1 heterocycles. The first-order valence-corrected chi connectivity index (χ1v) is 12.1. The molecule has 3 rings (SSSR count). The van der Waals surface area contributed by atoms with Crippen LogP contribution in [0.3, 0.4) is 0 Å². The Labute approximate surface area is 208 Å². The van der Waals surface area contributed by atoms with Crippen LogP contribution in [0.4, 0.5) is 10.5 Å². The Balaban J connectivity index is 1.82. The highest BCUT2D eigenvalue weighted by Crippen LogP contribution is 2.26. The number of anilines is 1. The predicted octanol–water partition coefficient (Wildman–Crippen LogP) is 4.74. The van der Waals surface area contributed by atoms with E-state index >= 15 is 0 Å². The molecule has 2 N–H and O–H groups in total. The lowest BCUT2D eigenvalue weighted by Gasteiger charge is -2.37. The van der Waals surface area contributed by atoms with Crippen LogP contribution in [-0.4, -0.2) is 40.5 Å². The summed E-state index contributed by atoms with van der Waals surface area (Å²) in [7, 11) is 0. The summed E-state index contributed by atoms with van der Waals surface area (Å²) in [6, 6.07) is 12.0. The molecule has 0 spiro atoms. The van der Waals surface area contributed by atoms with Gasteiger partial charge in [-0.3, -0.25) is 14.5 Å². The number of benzene rings is 2.